The number of aromatic nitrogens is 4. The van der Waals surface area contributed by atoms with Crippen LogP contribution in [0.1, 0.15) is 32.1 Å². The van der Waals surface area contributed by atoms with Gasteiger partial charge >= 0.3 is 0 Å². The van der Waals surface area contributed by atoms with E-state index in [0.717, 1.165) is 19.3 Å². The van der Waals surface area contributed by atoms with E-state index in [1.807, 2.05) is 6.07 Å². The first-order valence-electron chi connectivity index (χ1n) is 6.92. The molecule has 7 heteroatoms. The Hall–Kier alpha value is -2.46. The van der Waals surface area contributed by atoms with Crippen molar-refractivity contribution < 1.29 is 5.11 Å². The average molecular weight is 284 g/mol. The van der Waals surface area contributed by atoms with Gasteiger partial charge in [0.05, 0.1) is 11.8 Å². The van der Waals surface area contributed by atoms with Gasteiger partial charge in [0.25, 0.3) is 0 Å². The second kappa shape index (κ2) is 5.14. The van der Waals surface area contributed by atoms with Crippen molar-refractivity contribution in [3.05, 3.63) is 18.7 Å². The van der Waals surface area contributed by atoms with Gasteiger partial charge in [-0.1, -0.05) is 19.3 Å². The molecule has 0 amide bonds. The van der Waals surface area contributed by atoms with Crippen molar-refractivity contribution in [1.82, 2.24) is 19.5 Å². The number of nitrogens with zero attached hydrogens (tertiary/aromatic N) is 5. The lowest BCUT2D eigenvalue weighted by atomic mass is 9.82. The molecule has 1 fully saturated rings. The van der Waals surface area contributed by atoms with Crippen LogP contribution in [-0.4, -0.2) is 30.2 Å². The molecule has 1 saturated carbocycles. The van der Waals surface area contributed by atoms with Gasteiger partial charge in [0.1, 0.15) is 18.3 Å². The maximum atomic E-state index is 10.9. The van der Waals surface area contributed by atoms with Crippen molar-refractivity contribution >= 4 is 22.7 Å². The summed E-state index contributed by atoms with van der Waals surface area (Å²) in [6.07, 6.45) is 8.47. The number of allylic oxidation sites excluding steroid dienone is 1. The number of hydrogen-bond acceptors (Lipinski definition) is 6. The zero-order valence-electron chi connectivity index (χ0n) is 11.5. The number of anilines is 1. The standard InChI is InChI=1S/C14H16N6O/c15-7-4-10(14(21)5-2-1-3-6-14)20-9-19-11-12(16)17-8-18-13(11)20/h4,8-9,21H,1-3,5-6H2,(H2,16,17,18)/b10-4-. The van der Waals surface area contributed by atoms with Crippen molar-refractivity contribution in [3.8, 4) is 6.07 Å². The Morgan fingerprint density at radius 3 is 2.81 bits per heavy atom. The van der Waals surface area contributed by atoms with Gasteiger partial charge in [-0.25, -0.2) is 15.0 Å². The van der Waals surface area contributed by atoms with Crippen LogP contribution in [0, 0.1) is 11.3 Å². The third-order valence-electron chi connectivity index (χ3n) is 3.98. The van der Waals surface area contributed by atoms with E-state index in [-0.39, 0.29) is 5.82 Å². The predicted octanol–water partition coefficient (Wildman–Crippen LogP) is 1.47. The van der Waals surface area contributed by atoms with Crippen LogP contribution in [0.2, 0.25) is 0 Å². The van der Waals surface area contributed by atoms with Gasteiger partial charge in [-0.05, 0) is 12.8 Å². The molecule has 1 aliphatic rings. The highest BCUT2D eigenvalue weighted by Crippen LogP contribution is 2.37. The zero-order valence-corrected chi connectivity index (χ0v) is 11.5. The number of hydrogen-bond donors (Lipinski definition) is 2. The maximum Gasteiger partial charge on any atom is 0.169 e. The summed E-state index contributed by atoms with van der Waals surface area (Å²) in [5.41, 5.74) is 6.24. The van der Waals surface area contributed by atoms with Crippen LogP contribution < -0.4 is 5.73 Å². The van der Waals surface area contributed by atoms with Crippen molar-refractivity contribution in [1.29, 1.82) is 5.26 Å². The third kappa shape index (κ3) is 2.23. The lowest BCUT2D eigenvalue weighted by molar-refractivity contribution is 0.0565. The van der Waals surface area contributed by atoms with Crippen LogP contribution in [-0.2, 0) is 0 Å². The van der Waals surface area contributed by atoms with E-state index in [1.165, 1.54) is 18.7 Å². The van der Waals surface area contributed by atoms with Gasteiger partial charge in [0.15, 0.2) is 17.0 Å². The molecule has 0 radical (unpaired) electrons. The minimum atomic E-state index is -1.03. The van der Waals surface area contributed by atoms with E-state index in [0.29, 0.717) is 29.7 Å². The molecule has 3 rings (SSSR count). The highest BCUT2D eigenvalue weighted by atomic mass is 16.3. The molecule has 0 aromatic carbocycles. The first kappa shape index (κ1) is 13.5. The topological polar surface area (TPSA) is 114 Å². The number of aliphatic hydroxyl groups is 1. The van der Waals surface area contributed by atoms with Crippen molar-refractivity contribution in [2.75, 3.05) is 5.73 Å². The molecule has 108 valence electrons. The highest BCUT2D eigenvalue weighted by molar-refractivity contribution is 5.84. The quantitative estimate of drug-likeness (QED) is 0.807. The van der Waals surface area contributed by atoms with E-state index in [1.54, 1.807) is 4.57 Å². The summed E-state index contributed by atoms with van der Waals surface area (Å²) >= 11 is 0. The number of nitriles is 1. The Labute approximate surface area is 121 Å². The minimum Gasteiger partial charge on any atom is -0.384 e. The minimum absolute atomic E-state index is 0.283. The summed E-state index contributed by atoms with van der Waals surface area (Å²) in [5.74, 6) is 0.283. The molecule has 0 atom stereocenters. The number of nitrogens with two attached hydrogens (primary N) is 1. The van der Waals surface area contributed by atoms with Crippen molar-refractivity contribution in [2.45, 2.75) is 37.7 Å². The first-order chi connectivity index (χ1) is 10.2. The predicted molar refractivity (Wildman–Crippen MR) is 77.7 cm³/mol. The Morgan fingerprint density at radius 2 is 2.10 bits per heavy atom. The van der Waals surface area contributed by atoms with Gasteiger partial charge in [-0.15, -0.1) is 0 Å². The second-order valence-electron chi connectivity index (χ2n) is 5.30. The van der Waals surface area contributed by atoms with Gasteiger partial charge in [0.2, 0.25) is 0 Å². The summed E-state index contributed by atoms with van der Waals surface area (Å²) in [6.45, 7) is 0. The second-order valence-corrected chi connectivity index (χ2v) is 5.30. The lowest BCUT2D eigenvalue weighted by Gasteiger charge is -2.34. The van der Waals surface area contributed by atoms with E-state index >= 15 is 0 Å². The molecule has 0 spiro atoms. The smallest absolute Gasteiger partial charge is 0.169 e. The first-order valence-corrected chi connectivity index (χ1v) is 6.92. The van der Waals surface area contributed by atoms with Crippen LogP contribution in [0.5, 0.6) is 0 Å². The van der Waals surface area contributed by atoms with Crippen LogP contribution in [0.25, 0.3) is 16.9 Å². The maximum absolute atomic E-state index is 10.9. The molecule has 2 aromatic heterocycles. The lowest BCUT2D eigenvalue weighted by Crippen LogP contribution is -2.35. The summed E-state index contributed by atoms with van der Waals surface area (Å²) in [6, 6.07) is 2.01. The van der Waals surface area contributed by atoms with E-state index in [2.05, 4.69) is 15.0 Å². The van der Waals surface area contributed by atoms with Crippen LogP contribution in [0.4, 0.5) is 5.82 Å². The Bertz CT molecular complexity index is 735. The number of rotatable bonds is 2. The average Bonchev–Trinajstić information content (AvgIpc) is 2.90. The Morgan fingerprint density at radius 1 is 1.33 bits per heavy atom. The van der Waals surface area contributed by atoms with E-state index in [4.69, 9.17) is 11.0 Å². The molecule has 0 aliphatic heterocycles. The monoisotopic (exact) mass is 284 g/mol. The normalized spacial score (nSPS) is 18.6. The third-order valence-corrected chi connectivity index (χ3v) is 3.98. The van der Waals surface area contributed by atoms with Crippen molar-refractivity contribution in [2.24, 2.45) is 0 Å². The molecular formula is C14H16N6O. The van der Waals surface area contributed by atoms with E-state index < -0.39 is 5.60 Å². The molecule has 3 N–H and O–H groups in total. The van der Waals surface area contributed by atoms with E-state index in [9.17, 15) is 5.11 Å². The Balaban J connectivity index is 2.15. The summed E-state index contributed by atoms with van der Waals surface area (Å²) in [7, 11) is 0. The molecule has 0 unspecified atom stereocenters. The SMILES string of the molecule is N#C/C=C(\n1cnc2c(N)ncnc21)C1(O)CCCCC1. The number of nitrogen functional groups attached to an aromatic ring is 1. The van der Waals surface area contributed by atoms with Crippen LogP contribution in [0.15, 0.2) is 18.7 Å². The largest absolute Gasteiger partial charge is 0.384 e. The Kier molecular flexibility index (Phi) is 3.31. The fraction of sp³-hybridized carbons (Fsp3) is 0.429. The zero-order chi connectivity index (χ0) is 14.9. The fourth-order valence-electron chi connectivity index (χ4n) is 2.91. The fourth-order valence-corrected chi connectivity index (χ4v) is 2.91. The molecule has 0 saturated heterocycles. The molecule has 7 nitrogen and oxygen atoms in total. The van der Waals surface area contributed by atoms with Crippen LogP contribution >= 0.6 is 0 Å². The molecule has 0 bridgehead atoms. The van der Waals surface area contributed by atoms with Gasteiger partial charge < -0.3 is 10.8 Å². The molecule has 1 aliphatic carbocycles. The number of imidazole rings is 1. The summed E-state index contributed by atoms with van der Waals surface area (Å²) in [5, 5.41) is 20.0. The highest BCUT2D eigenvalue weighted by Gasteiger charge is 2.35. The molecule has 21 heavy (non-hydrogen) atoms. The molecular weight excluding hydrogens is 268 g/mol. The van der Waals surface area contributed by atoms with Gasteiger partial charge in [-0.2, -0.15) is 5.26 Å². The van der Waals surface area contributed by atoms with Crippen molar-refractivity contribution in [3.63, 3.8) is 0 Å². The summed E-state index contributed by atoms with van der Waals surface area (Å²) in [4.78, 5) is 12.3. The molecule has 2 heterocycles. The molecule has 2 aromatic rings. The van der Waals surface area contributed by atoms with Gasteiger partial charge in [0, 0.05) is 6.08 Å². The van der Waals surface area contributed by atoms with Crippen LogP contribution in [0.3, 0.4) is 0 Å². The number of fused-ring (bicyclic) bond motifs is 1. The summed E-state index contributed by atoms with van der Waals surface area (Å²) < 4.78 is 1.64. The van der Waals surface area contributed by atoms with Gasteiger partial charge in [-0.3, -0.25) is 4.57 Å².